The monoisotopic (exact) mass is 299 g/mol. The Labute approximate surface area is 92.4 Å². The Morgan fingerprint density at radius 2 is 2.00 bits per heavy atom. The highest BCUT2D eigenvalue weighted by Crippen LogP contribution is 2.28. The van der Waals surface area contributed by atoms with Gasteiger partial charge < -0.3 is 0 Å². The van der Waals surface area contributed by atoms with E-state index in [-0.39, 0.29) is 15.1 Å². The van der Waals surface area contributed by atoms with Gasteiger partial charge in [-0.2, -0.15) is 0 Å². The Morgan fingerprint density at radius 1 is 1.43 bits per heavy atom. The van der Waals surface area contributed by atoms with Crippen LogP contribution in [0.25, 0.3) is 0 Å². The van der Waals surface area contributed by atoms with E-state index >= 15 is 0 Å². The van der Waals surface area contributed by atoms with Crippen molar-refractivity contribution < 1.29 is 13.3 Å². The normalized spacial score (nSPS) is 11.3. The third-order valence-corrected chi connectivity index (χ3v) is 3.69. The van der Waals surface area contributed by atoms with Crippen molar-refractivity contribution in [3.63, 3.8) is 0 Å². The summed E-state index contributed by atoms with van der Waals surface area (Å²) in [5.74, 6) is 0. The third kappa shape index (κ3) is 2.43. The molecule has 0 unspecified atom stereocenters. The molecule has 0 aliphatic carbocycles. The molecule has 8 heteroatoms. The van der Waals surface area contributed by atoms with Crippen LogP contribution in [0.2, 0.25) is 0 Å². The number of hydrogen-bond acceptors (Lipinski definition) is 4. The minimum atomic E-state index is -3.87. The topological polar surface area (TPSA) is 77.3 Å². The van der Waals surface area contributed by atoms with Crippen molar-refractivity contribution in [2.45, 2.75) is 4.90 Å². The molecule has 76 valence electrons. The number of nitro groups is 1. The number of rotatable bonds is 2. The standard InChI is InChI=1S/C6H3BrClNO4S/c7-5-3-4(9(10)11)1-2-6(5)14(8,12)13/h1-3H. The minimum absolute atomic E-state index is 0.0710. The number of halogens is 2. The van der Waals surface area contributed by atoms with Crippen molar-refractivity contribution in [3.8, 4) is 0 Å². The number of nitrogens with zero attached hydrogens (tertiary/aromatic N) is 1. The second-order valence-electron chi connectivity index (χ2n) is 2.31. The molecular weight excluding hydrogens is 297 g/mol. The predicted octanol–water partition coefficient (Wildman–Crippen LogP) is 2.28. The number of non-ortho nitro benzene ring substituents is 1. The number of nitro benzene ring substituents is 1. The van der Waals surface area contributed by atoms with Gasteiger partial charge in [0.25, 0.3) is 14.7 Å². The van der Waals surface area contributed by atoms with E-state index in [0.29, 0.717) is 0 Å². The van der Waals surface area contributed by atoms with Crippen LogP contribution in [-0.4, -0.2) is 13.3 Å². The van der Waals surface area contributed by atoms with Crippen molar-refractivity contribution >= 4 is 41.4 Å². The number of hydrogen-bond donors (Lipinski definition) is 0. The molecule has 0 spiro atoms. The van der Waals surface area contributed by atoms with E-state index in [0.717, 1.165) is 18.2 Å². The fourth-order valence-corrected chi connectivity index (χ4v) is 3.01. The van der Waals surface area contributed by atoms with E-state index < -0.39 is 14.0 Å². The second kappa shape index (κ2) is 3.84. The lowest BCUT2D eigenvalue weighted by Crippen LogP contribution is -1.94. The maximum Gasteiger partial charge on any atom is 0.270 e. The molecule has 0 fully saturated rings. The summed E-state index contributed by atoms with van der Waals surface area (Å²) in [5.41, 5.74) is -0.207. The van der Waals surface area contributed by atoms with E-state index in [9.17, 15) is 18.5 Å². The molecule has 0 atom stereocenters. The molecule has 0 aliphatic heterocycles. The molecule has 0 saturated carbocycles. The molecule has 14 heavy (non-hydrogen) atoms. The average Bonchev–Trinajstić information content (AvgIpc) is 2.01. The van der Waals surface area contributed by atoms with Crippen LogP contribution in [0.4, 0.5) is 5.69 Å². The molecule has 5 nitrogen and oxygen atoms in total. The SMILES string of the molecule is O=[N+]([O-])c1ccc(S(=O)(=O)Cl)c(Br)c1. The van der Waals surface area contributed by atoms with E-state index in [1.807, 2.05) is 0 Å². The van der Waals surface area contributed by atoms with Gasteiger partial charge in [0.15, 0.2) is 0 Å². The van der Waals surface area contributed by atoms with Crippen molar-refractivity contribution in [1.82, 2.24) is 0 Å². The van der Waals surface area contributed by atoms with Crippen LogP contribution in [0, 0.1) is 10.1 Å². The van der Waals surface area contributed by atoms with Gasteiger partial charge in [0, 0.05) is 27.3 Å². The summed E-state index contributed by atoms with van der Waals surface area (Å²) in [6, 6.07) is 3.22. The van der Waals surface area contributed by atoms with Gasteiger partial charge in [-0.25, -0.2) is 8.42 Å². The highest BCUT2D eigenvalue weighted by Gasteiger charge is 2.17. The Balaban J connectivity index is 3.35. The van der Waals surface area contributed by atoms with Gasteiger partial charge in [0.2, 0.25) is 0 Å². The highest BCUT2D eigenvalue weighted by molar-refractivity contribution is 9.10. The van der Waals surface area contributed by atoms with Crippen molar-refractivity contribution in [2.75, 3.05) is 0 Å². The molecule has 0 amide bonds. The molecule has 1 aromatic rings. The molecule has 0 saturated heterocycles. The molecule has 0 aromatic heterocycles. The molecule has 1 aromatic carbocycles. The largest absolute Gasteiger partial charge is 0.270 e. The smallest absolute Gasteiger partial charge is 0.258 e. The molecule has 0 heterocycles. The average molecular weight is 301 g/mol. The fourth-order valence-electron chi connectivity index (χ4n) is 0.801. The number of benzene rings is 1. The van der Waals surface area contributed by atoms with Crippen molar-refractivity contribution in [3.05, 3.63) is 32.8 Å². The first-order chi connectivity index (χ1) is 6.32. The molecule has 1 rings (SSSR count). The summed E-state index contributed by atoms with van der Waals surface area (Å²) in [7, 11) is 1.19. The first kappa shape index (κ1) is 11.4. The van der Waals surface area contributed by atoms with Crippen LogP contribution < -0.4 is 0 Å². The fraction of sp³-hybridized carbons (Fsp3) is 0. The summed E-state index contributed by atoms with van der Waals surface area (Å²) in [5, 5.41) is 10.3. The highest BCUT2D eigenvalue weighted by atomic mass is 79.9. The summed E-state index contributed by atoms with van der Waals surface area (Å²) in [6.45, 7) is 0. The summed E-state index contributed by atoms with van der Waals surface area (Å²) in [4.78, 5) is 9.50. The zero-order valence-electron chi connectivity index (χ0n) is 6.48. The van der Waals surface area contributed by atoms with Crippen LogP contribution in [0.3, 0.4) is 0 Å². The van der Waals surface area contributed by atoms with Gasteiger partial charge in [0.1, 0.15) is 0 Å². The Bertz CT molecular complexity index is 487. The van der Waals surface area contributed by atoms with Gasteiger partial charge in [0.05, 0.1) is 9.82 Å². The van der Waals surface area contributed by atoms with E-state index in [4.69, 9.17) is 10.7 Å². The molecular formula is C6H3BrClNO4S. The molecule has 0 bridgehead atoms. The van der Waals surface area contributed by atoms with Crippen molar-refractivity contribution in [2.24, 2.45) is 0 Å². The summed E-state index contributed by atoms with van der Waals surface area (Å²) in [6.07, 6.45) is 0. The first-order valence-electron chi connectivity index (χ1n) is 3.21. The Morgan fingerprint density at radius 3 is 2.36 bits per heavy atom. The van der Waals surface area contributed by atoms with Gasteiger partial charge in [-0.1, -0.05) is 0 Å². The van der Waals surface area contributed by atoms with Crippen LogP contribution in [0.5, 0.6) is 0 Å². The lowest BCUT2D eigenvalue weighted by molar-refractivity contribution is -0.385. The lowest BCUT2D eigenvalue weighted by Gasteiger charge is -1.98. The lowest BCUT2D eigenvalue weighted by atomic mass is 10.3. The van der Waals surface area contributed by atoms with Crippen LogP contribution in [0.15, 0.2) is 27.6 Å². The maximum atomic E-state index is 10.9. The van der Waals surface area contributed by atoms with Crippen LogP contribution in [-0.2, 0) is 9.05 Å². The van der Waals surface area contributed by atoms with E-state index in [2.05, 4.69) is 15.9 Å². The van der Waals surface area contributed by atoms with Gasteiger partial charge >= 0.3 is 0 Å². The second-order valence-corrected chi connectivity index (χ2v) is 5.70. The summed E-state index contributed by atoms with van der Waals surface area (Å²) >= 11 is 2.88. The van der Waals surface area contributed by atoms with Gasteiger partial charge in [-0.05, 0) is 22.0 Å². The van der Waals surface area contributed by atoms with E-state index in [1.54, 1.807) is 0 Å². The molecule has 0 radical (unpaired) electrons. The summed E-state index contributed by atoms with van der Waals surface area (Å²) < 4.78 is 21.9. The van der Waals surface area contributed by atoms with Crippen LogP contribution in [0.1, 0.15) is 0 Å². The maximum absolute atomic E-state index is 10.9. The molecule has 0 N–H and O–H groups in total. The van der Waals surface area contributed by atoms with Crippen LogP contribution >= 0.6 is 26.6 Å². The van der Waals surface area contributed by atoms with Crippen molar-refractivity contribution in [1.29, 1.82) is 0 Å². The molecule has 0 aliphatic rings. The first-order valence-corrected chi connectivity index (χ1v) is 6.31. The minimum Gasteiger partial charge on any atom is -0.258 e. The third-order valence-electron chi connectivity index (χ3n) is 1.39. The zero-order chi connectivity index (χ0) is 10.9. The van der Waals surface area contributed by atoms with Gasteiger partial charge in [-0.15, -0.1) is 0 Å². The van der Waals surface area contributed by atoms with Gasteiger partial charge in [-0.3, -0.25) is 10.1 Å². The quantitative estimate of drug-likeness (QED) is 0.477. The Kier molecular flexibility index (Phi) is 3.13. The Hall–Kier alpha value is -0.660. The zero-order valence-corrected chi connectivity index (χ0v) is 9.63. The van der Waals surface area contributed by atoms with E-state index in [1.165, 1.54) is 0 Å². The predicted molar refractivity (Wildman–Crippen MR) is 53.8 cm³/mol.